The number of hydrogen-bond acceptors (Lipinski definition) is 7. The number of amides is 2. The highest BCUT2D eigenvalue weighted by Crippen LogP contribution is 2.16. The van der Waals surface area contributed by atoms with Gasteiger partial charge in [0, 0.05) is 32.4 Å². The molecule has 0 atom stereocenters. The molecule has 0 aliphatic rings. The molecule has 0 aliphatic heterocycles. The third kappa shape index (κ3) is 7.68. The first-order chi connectivity index (χ1) is 14.5. The average Bonchev–Trinajstić information content (AvgIpc) is 2.75. The molecule has 30 heavy (non-hydrogen) atoms. The molecule has 0 saturated carbocycles. The van der Waals surface area contributed by atoms with Crippen molar-refractivity contribution in [2.24, 2.45) is 5.10 Å². The van der Waals surface area contributed by atoms with Gasteiger partial charge in [-0.25, -0.2) is 5.43 Å². The number of benzene rings is 2. The lowest BCUT2D eigenvalue weighted by molar-refractivity contribution is -0.384. The number of non-ortho nitro benzene ring substituents is 1. The molecule has 0 saturated heterocycles. The molecular formula is C20H22N4O6. The van der Waals surface area contributed by atoms with E-state index >= 15 is 0 Å². The van der Waals surface area contributed by atoms with Crippen molar-refractivity contribution in [2.45, 2.75) is 13.0 Å². The molecule has 0 fully saturated rings. The number of carbonyl (C=O) groups excluding carboxylic acids is 2. The van der Waals surface area contributed by atoms with E-state index in [2.05, 4.69) is 15.8 Å². The number of hydrogen-bond donors (Lipinski definition) is 2. The number of ether oxygens (including phenoxy) is 2. The molecule has 0 spiro atoms. The van der Waals surface area contributed by atoms with Crippen LogP contribution >= 0.6 is 0 Å². The molecule has 2 aromatic rings. The molecule has 0 heterocycles. The van der Waals surface area contributed by atoms with E-state index in [4.69, 9.17) is 9.47 Å². The Balaban J connectivity index is 1.82. The zero-order valence-corrected chi connectivity index (χ0v) is 16.4. The van der Waals surface area contributed by atoms with Crippen LogP contribution in [-0.2, 0) is 20.9 Å². The summed E-state index contributed by atoms with van der Waals surface area (Å²) in [6.45, 7) is 1.05. The summed E-state index contributed by atoms with van der Waals surface area (Å²) in [5.41, 5.74) is 3.60. The average molecular weight is 414 g/mol. The molecule has 10 nitrogen and oxygen atoms in total. The molecule has 0 aromatic heterocycles. The van der Waals surface area contributed by atoms with Gasteiger partial charge in [0.2, 0.25) is 0 Å². The van der Waals surface area contributed by atoms with E-state index in [1.54, 1.807) is 43.5 Å². The summed E-state index contributed by atoms with van der Waals surface area (Å²) in [6.07, 6.45) is 1.99. The lowest BCUT2D eigenvalue weighted by Crippen LogP contribution is -2.38. The predicted octanol–water partition coefficient (Wildman–Crippen LogP) is 1.78. The minimum Gasteiger partial charge on any atom is -0.489 e. The number of nitro benzene ring substituents is 1. The third-order valence-electron chi connectivity index (χ3n) is 3.81. The molecule has 2 N–H and O–H groups in total. The Bertz CT molecular complexity index is 898. The molecule has 0 aliphatic carbocycles. The molecule has 0 bridgehead atoms. The SMILES string of the molecule is COCCCNC(=O)C(=O)N/N=C\c1cccc(OCc2ccc([N+](=O)[O-])cc2)c1. The third-order valence-corrected chi connectivity index (χ3v) is 3.81. The van der Waals surface area contributed by atoms with Gasteiger partial charge in [0.15, 0.2) is 0 Å². The fraction of sp³-hybridized carbons (Fsp3) is 0.250. The monoisotopic (exact) mass is 414 g/mol. The number of methoxy groups -OCH3 is 1. The van der Waals surface area contributed by atoms with Crippen LogP contribution in [0, 0.1) is 10.1 Å². The second-order valence-corrected chi connectivity index (χ2v) is 6.09. The fourth-order valence-electron chi connectivity index (χ4n) is 2.28. The lowest BCUT2D eigenvalue weighted by atomic mass is 10.2. The van der Waals surface area contributed by atoms with Gasteiger partial charge in [0.25, 0.3) is 5.69 Å². The van der Waals surface area contributed by atoms with Crippen LogP contribution < -0.4 is 15.5 Å². The Morgan fingerprint density at radius 3 is 2.63 bits per heavy atom. The van der Waals surface area contributed by atoms with Crippen LogP contribution in [0.25, 0.3) is 0 Å². The van der Waals surface area contributed by atoms with Crippen molar-refractivity contribution < 1.29 is 24.0 Å². The van der Waals surface area contributed by atoms with Crippen molar-refractivity contribution in [1.82, 2.24) is 10.7 Å². The highest BCUT2D eigenvalue weighted by Gasteiger charge is 2.11. The Morgan fingerprint density at radius 1 is 1.17 bits per heavy atom. The van der Waals surface area contributed by atoms with Gasteiger partial charge in [-0.05, 0) is 41.8 Å². The van der Waals surface area contributed by atoms with Gasteiger partial charge in [-0.15, -0.1) is 0 Å². The Hall–Kier alpha value is -3.79. The zero-order chi connectivity index (χ0) is 21.8. The fourth-order valence-corrected chi connectivity index (χ4v) is 2.28. The van der Waals surface area contributed by atoms with Gasteiger partial charge in [-0.2, -0.15) is 5.10 Å². The van der Waals surface area contributed by atoms with Crippen LogP contribution in [0.5, 0.6) is 5.75 Å². The summed E-state index contributed by atoms with van der Waals surface area (Å²) in [5.74, 6) is -1.09. The number of rotatable bonds is 10. The molecule has 158 valence electrons. The molecular weight excluding hydrogens is 392 g/mol. The molecule has 2 amide bonds. The largest absolute Gasteiger partial charge is 0.489 e. The van der Waals surface area contributed by atoms with Crippen LogP contribution in [0.4, 0.5) is 5.69 Å². The maximum absolute atomic E-state index is 11.7. The normalized spacial score (nSPS) is 10.6. The van der Waals surface area contributed by atoms with Gasteiger partial charge in [-0.3, -0.25) is 19.7 Å². The summed E-state index contributed by atoms with van der Waals surface area (Å²) in [5, 5.41) is 16.9. The molecule has 10 heteroatoms. The number of nitrogens with one attached hydrogen (secondary N) is 2. The van der Waals surface area contributed by atoms with Crippen molar-refractivity contribution in [2.75, 3.05) is 20.3 Å². The van der Waals surface area contributed by atoms with E-state index in [0.717, 1.165) is 5.56 Å². The van der Waals surface area contributed by atoms with Crippen molar-refractivity contribution in [3.63, 3.8) is 0 Å². The summed E-state index contributed by atoms with van der Waals surface area (Å²) in [4.78, 5) is 33.5. The van der Waals surface area contributed by atoms with E-state index < -0.39 is 16.7 Å². The van der Waals surface area contributed by atoms with Crippen LogP contribution in [0.1, 0.15) is 17.5 Å². The lowest BCUT2D eigenvalue weighted by Gasteiger charge is -2.07. The zero-order valence-electron chi connectivity index (χ0n) is 16.4. The second-order valence-electron chi connectivity index (χ2n) is 6.09. The smallest absolute Gasteiger partial charge is 0.329 e. The van der Waals surface area contributed by atoms with Gasteiger partial charge in [0.1, 0.15) is 12.4 Å². The summed E-state index contributed by atoms with van der Waals surface area (Å²) < 4.78 is 10.5. The first-order valence-electron chi connectivity index (χ1n) is 9.06. The van der Waals surface area contributed by atoms with Crippen molar-refractivity contribution in [3.05, 3.63) is 69.8 Å². The summed E-state index contributed by atoms with van der Waals surface area (Å²) in [7, 11) is 1.55. The number of hydrazone groups is 1. The van der Waals surface area contributed by atoms with Crippen LogP contribution in [0.3, 0.4) is 0 Å². The van der Waals surface area contributed by atoms with Crippen LogP contribution in [-0.4, -0.2) is 43.2 Å². The first kappa shape index (κ1) is 22.5. The Morgan fingerprint density at radius 2 is 1.93 bits per heavy atom. The highest BCUT2D eigenvalue weighted by atomic mass is 16.6. The molecule has 2 rings (SSSR count). The van der Waals surface area contributed by atoms with Crippen LogP contribution in [0.15, 0.2) is 53.6 Å². The first-order valence-corrected chi connectivity index (χ1v) is 9.06. The standard InChI is InChI=1S/C20H22N4O6/c1-29-11-3-10-21-19(25)20(26)23-22-13-16-4-2-5-18(12-16)30-14-15-6-8-17(9-7-15)24(27)28/h2,4-9,12-13H,3,10-11,14H2,1H3,(H,21,25)(H,23,26)/b22-13-. The summed E-state index contributed by atoms with van der Waals surface area (Å²) in [6, 6.07) is 13.0. The van der Waals surface area contributed by atoms with E-state index in [-0.39, 0.29) is 12.3 Å². The predicted molar refractivity (Wildman–Crippen MR) is 109 cm³/mol. The van der Waals surface area contributed by atoms with E-state index in [1.807, 2.05) is 0 Å². The minimum atomic E-state index is -0.866. The number of nitrogens with zero attached hydrogens (tertiary/aromatic N) is 2. The van der Waals surface area contributed by atoms with Crippen LogP contribution in [0.2, 0.25) is 0 Å². The Labute approximate surface area is 173 Å². The van der Waals surface area contributed by atoms with E-state index in [0.29, 0.717) is 30.9 Å². The quantitative estimate of drug-likeness (QED) is 0.200. The molecule has 0 radical (unpaired) electrons. The minimum absolute atomic E-state index is 0.0164. The van der Waals surface area contributed by atoms with Gasteiger partial charge in [0.05, 0.1) is 11.1 Å². The summed E-state index contributed by atoms with van der Waals surface area (Å²) >= 11 is 0. The van der Waals surface area contributed by atoms with Crippen molar-refractivity contribution in [3.8, 4) is 5.75 Å². The van der Waals surface area contributed by atoms with E-state index in [1.165, 1.54) is 18.3 Å². The number of carbonyl (C=O) groups is 2. The highest BCUT2D eigenvalue weighted by molar-refractivity contribution is 6.35. The topological polar surface area (TPSA) is 132 Å². The van der Waals surface area contributed by atoms with Gasteiger partial charge in [-0.1, -0.05) is 12.1 Å². The van der Waals surface area contributed by atoms with E-state index in [9.17, 15) is 19.7 Å². The maximum Gasteiger partial charge on any atom is 0.329 e. The Kier molecular flexibility index (Phi) is 8.94. The van der Waals surface area contributed by atoms with Crippen molar-refractivity contribution in [1.29, 1.82) is 0 Å². The number of nitro groups is 1. The molecule has 2 aromatic carbocycles. The maximum atomic E-state index is 11.7. The van der Waals surface area contributed by atoms with Crippen molar-refractivity contribution >= 4 is 23.7 Å². The molecule has 0 unspecified atom stereocenters. The van der Waals surface area contributed by atoms with Gasteiger partial charge < -0.3 is 14.8 Å². The van der Waals surface area contributed by atoms with Gasteiger partial charge >= 0.3 is 11.8 Å². The second kappa shape index (κ2) is 11.9.